The number of nitrogens with one attached hydrogen (secondary N) is 2. The van der Waals surface area contributed by atoms with Crippen molar-refractivity contribution in [3.63, 3.8) is 0 Å². The topological polar surface area (TPSA) is 58.2 Å². The van der Waals surface area contributed by atoms with Gasteiger partial charge in [0.15, 0.2) is 0 Å². The molecule has 0 saturated carbocycles. The Balaban J connectivity index is 1.50. The molecule has 2 amide bonds. The van der Waals surface area contributed by atoms with Crippen molar-refractivity contribution in [2.24, 2.45) is 0 Å². The molecule has 0 radical (unpaired) electrons. The maximum atomic E-state index is 12.0. The Kier molecular flexibility index (Phi) is 5.86. The number of halogens is 1. The molecule has 2 heterocycles. The molecule has 2 aromatic heterocycles. The average molecular weight is 391 g/mol. The summed E-state index contributed by atoms with van der Waals surface area (Å²) in [6.07, 6.45) is 1.06. The van der Waals surface area contributed by atoms with Crippen LogP contribution in [0.5, 0.6) is 0 Å². The zero-order chi connectivity index (χ0) is 17.6. The largest absolute Gasteiger partial charge is 0.326 e. The van der Waals surface area contributed by atoms with E-state index in [2.05, 4.69) is 10.6 Å². The minimum atomic E-state index is -0.138. The van der Waals surface area contributed by atoms with Gasteiger partial charge in [0.2, 0.25) is 5.91 Å². The number of amides is 2. The van der Waals surface area contributed by atoms with Gasteiger partial charge in [-0.2, -0.15) is 0 Å². The first-order chi connectivity index (χ1) is 12.1. The maximum absolute atomic E-state index is 12.0. The Morgan fingerprint density at radius 1 is 0.960 bits per heavy atom. The lowest BCUT2D eigenvalue weighted by Gasteiger charge is -2.07. The van der Waals surface area contributed by atoms with E-state index in [0.29, 0.717) is 29.1 Å². The molecule has 2 N–H and O–H groups in total. The third kappa shape index (κ3) is 5.16. The van der Waals surface area contributed by atoms with Gasteiger partial charge in [0.05, 0.1) is 9.21 Å². The van der Waals surface area contributed by atoms with E-state index in [1.54, 1.807) is 30.3 Å². The van der Waals surface area contributed by atoms with E-state index in [1.165, 1.54) is 22.7 Å². The third-order valence-electron chi connectivity index (χ3n) is 3.40. The predicted molar refractivity (Wildman–Crippen MR) is 105 cm³/mol. The van der Waals surface area contributed by atoms with E-state index < -0.39 is 0 Å². The van der Waals surface area contributed by atoms with E-state index in [1.807, 2.05) is 23.6 Å². The molecule has 0 fully saturated rings. The summed E-state index contributed by atoms with van der Waals surface area (Å²) in [5.41, 5.74) is 1.38. The van der Waals surface area contributed by atoms with Crippen molar-refractivity contribution in [2.75, 3.05) is 10.6 Å². The normalized spacial score (nSPS) is 10.4. The minimum absolute atomic E-state index is 0.0557. The molecule has 7 heteroatoms. The fraction of sp³-hybridized carbons (Fsp3) is 0.111. The molecule has 0 bridgehead atoms. The van der Waals surface area contributed by atoms with Crippen LogP contribution < -0.4 is 10.6 Å². The number of thiophene rings is 2. The molecule has 0 saturated heterocycles. The molecule has 128 valence electrons. The highest BCUT2D eigenvalue weighted by molar-refractivity contribution is 7.16. The summed E-state index contributed by atoms with van der Waals surface area (Å²) in [5.74, 6) is -0.193. The fourth-order valence-electron chi connectivity index (χ4n) is 2.18. The van der Waals surface area contributed by atoms with Crippen molar-refractivity contribution >= 4 is 57.5 Å². The molecule has 0 aliphatic carbocycles. The standard InChI is InChI=1S/C18H15ClN2O2S2/c19-16-9-7-14(25-16)8-10-17(22)20-12-3-5-13(6-4-12)21-18(23)15-2-1-11-24-15/h1-7,9,11H,8,10H2,(H,20,22)(H,21,23). The number of benzene rings is 1. The van der Waals surface area contributed by atoms with Crippen molar-refractivity contribution in [1.82, 2.24) is 0 Å². The van der Waals surface area contributed by atoms with Crippen molar-refractivity contribution < 1.29 is 9.59 Å². The van der Waals surface area contributed by atoms with Crippen LogP contribution in [-0.4, -0.2) is 11.8 Å². The summed E-state index contributed by atoms with van der Waals surface area (Å²) in [5, 5.41) is 7.53. The zero-order valence-electron chi connectivity index (χ0n) is 13.1. The lowest BCUT2D eigenvalue weighted by Crippen LogP contribution is -2.12. The molecular formula is C18H15ClN2O2S2. The lowest BCUT2D eigenvalue weighted by molar-refractivity contribution is -0.116. The summed E-state index contributed by atoms with van der Waals surface area (Å²) in [4.78, 5) is 25.7. The average Bonchev–Trinajstić information content (AvgIpc) is 3.26. The lowest BCUT2D eigenvalue weighted by atomic mass is 10.2. The monoisotopic (exact) mass is 390 g/mol. The second-order valence-corrected chi connectivity index (χ2v) is 8.01. The van der Waals surface area contributed by atoms with Gasteiger partial charge in [-0.15, -0.1) is 22.7 Å². The number of aryl methyl sites for hydroxylation is 1. The molecule has 25 heavy (non-hydrogen) atoms. The van der Waals surface area contributed by atoms with Gasteiger partial charge in [-0.05, 0) is 54.3 Å². The Labute approximate surface area is 158 Å². The highest BCUT2D eigenvalue weighted by Crippen LogP contribution is 2.23. The summed E-state index contributed by atoms with van der Waals surface area (Å²) >= 11 is 8.76. The Hall–Kier alpha value is -2.15. The quantitative estimate of drug-likeness (QED) is 0.601. The molecular weight excluding hydrogens is 376 g/mol. The Morgan fingerprint density at radius 3 is 2.28 bits per heavy atom. The van der Waals surface area contributed by atoms with Gasteiger partial charge in [0, 0.05) is 22.7 Å². The second kappa shape index (κ2) is 8.29. The fourth-order valence-corrected chi connectivity index (χ4v) is 3.89. The van der Waals surface area contributed by atoms with Gasteiger partial charge in [-0.1, -0.05) is 17.7 Å². The zero-order valence-corrected chi connectivity index (χ0v) is 15.5. The van der Waals surface area contributed by atoms with Crippen molar-refractivity contribution in [3.05, 3.63) is 68.0 Å². The summed E-state index contributed by atoms with van der Waals surface area (Å²) in [6, 6.07) is 14.4. The van der Waals surface area contributed by atoms with Crippen LogP contribution >= 0.6 is 34.3 Å². The second-order valence-electron chi connectivity index (χ2n) is 5.26. The summed E-state index contributed by atoms with van der Waals surface area (Å²) in [6.45, 7) is 0. The van der Waals surface area contributed by atoms with E-state index in [0.717, 1.165) is 9.21 Å². The van der Waals surface area contributed by atoms with Crippen LogP contribution in [0.25, 0.3) is 0 Å². The summed E-state index contributed by atoms with van der Waals surface area (Å²) < 4.78 is 0.732. The van der Waals surface area contributed by atoms with Crippen molar-refractivity contribution in [2.45, 2.75) is 12.8 Å². The third-order valence-corrected chi connectivity index (χ3v) is 5.56. The smallest absolute Gasteiger partial charge is 0.265 e. The van der Waals surface area contributed by atoms with Gasteiger partial charge in [0.1, 0.15) is 0 Å². The molecule has 4 nitrogen and oxygen atoms in total. The van der Waals surface area contributed by atoms with Crippen LogP contribution in [0.2, 0.25) is 4.34 Å². The molecule has 3 rings (SSSR count). The van der Waals surface area contributed by atoms with Gasteiger partial charge in [-0.25, -0.2) is 0 Å². The SMILES string of the molecule is O=C(CCc1ccc(Cl)s1)Nc1ccc(NC(=O)c2cccs2)cc1. The van der Waals surface area contributed by atoms with Crippen molar-refractivity contribution in [3.8, 4) is 0 Å². The van der Waals surface area contributed by atoms with Gasteiger partial charge >= 0.3 is 0 Å². The highest BCUT2D eigenvalue weighted by Gasteiger charge is 2.08. The maximum Gasteiger partial charge on any atom is 0.265 e. The van der Waals surface area contributed by atoms with Crippen LogP contribution in [0.4, 0.5) is 11.4 Å². The van der Waals surface area contributed by atoms with E-state index in [-0.39, 0.29) is 11.8 Å². The number of anilines is 2. The molecule has 1 aromatic carbocycles. The first-order valence-electron chi connectivity index (χ1n) is 7.59. The molecule has 0 atom stereocenters. The first kappa shape index (κ1) is 17.7. The van der Waals surface area contributed by atoms with Crippen LogP contribution in [0.3, 0.4) is 0 Å². The van der Waals surface area contributed by atoms with Crippen LogP contribution in [-0.2, 0) is 11.2 Å². The number of carbonyl (C=O) groups excluding carboxylic acids is 2. The van der Waals surface area contributed by atoms with Gasteiger partial charge in [-0.3, -0.25) is 9.59 Å². The van der Waals surface area contributed by atoms with Gasteiger partial charge in [0.25, 0.3) is 5.91 Å². The molecule has 0 unspecified atom stereocenters. The van der Waals surface area contributed by atoms with Crippen LogP contribution in [0, 0.1) is 0 Å². The first-order valence-corrected chi connectivity index (χ1v) is 9.66. The Morgan fingerprint density at radius 2 is 1.68 bits per heavy atom. The number of hydrogen-bond donors (Lipinski definition) is 2. The predicted octanol–water partition coefficient (Wildman–Crippen LogP) is 5.29. The Bertz CT molecular complexity index is 858. The highest BCUT2D eigenvalue weighted by atomic mass is 35.5. The molecule has 3 aromatic rings. The number of hydrogen-bond acceptors (Lipinski definition) is 4. The minimum Gasteiger partial charge on any atom is -0.326 e. The van der Waals surface area contributed by atoms with Crippen LogP contribution in [0.1, 0.15) is 21.0 Å². The van der Waals surface area contributed by atoms with E-state index in [9.17, 15) is 9.59 Å². The van der Waals surface area contributed by atoms with E-state index >= 15 is 0 Å². The molecule has 0 aliphatic rings. The molecule has 0 aliphatic heterocycles. The van der Waals surface area contributed by atoms with Gasteiger partial charge < -0.3 is 10.6 Å². The molecule has 0 spiro atoms. The van der Waals surface area contributed by atoms with Crippen molar-refractivity contribution in [1.29, 1.82) is 0 Å². The van der Waals surface area contributed by atoms with Crippen LogP contribution in [0.15, 0.2) is 53.9 Å². The van der Waals surface area contributed by atoms with E-state index in [4.69, 9.17) is 11.6 Å². The number of carbonyl (C=O) groups is 2. The summed E-state index contributed by atoms with van der Waals surface area (Å²) in [7, 11) is 0. The number of rotatable bonds is 6.